The summed E-state index contributed by atoms with van der Waals surface area (Å²) in [7, 11) is 0. The first-order valence-corrected chi connectivity index (χ1v) is 5.02. The fourth-order valence-electron chi connectivity index (χ4n) is 1.60. The molecular weight excluding hydrogens is 221 g/mol. The van der Waals surface area contributed by atoms with Crippen molar-refractivity contribution in [2.75, 3.05) is 6.54 Å². The Labute approximate surface area is 97.3 Å². The van der Waals surface area contributed by atoms with Crippen LogP contribution in [0.5, 0.6) is 0 Å². The molecule has 5 nitrogen and oxygen atoms in total. The van der Waals surface area contributed by atoms with Crippen LogP contribution in [-0.4, -0.2) is 21.3 Å². The van der Waals surface area contributed by atoms with Crippen molar-refractivity contribution in [1.82, 2.24) is 14.8 Å². The smallest absolute Gasteiger partial charge is 0.252 e. The van der Waals surface area contributed by atoms with E-state index >= 15 is 0 Å². The third kappa shape index (κ3) is 2.14. The van der Waals surface area contributed by atoms with Crippen LogP contribution in [0.25, 0.3) is 0 Å². The normalized spacial score (nSPS) is 12.1. The van der Waals surface area contributed by atoms with Crippen LogP contribution in [0.3, 0.4) is 0 Å². The minimum absolute atomic E-state index is 0.0415. The molecule has 2 N–H and O–H groups in total. The SMILES string of the molecule is N#Cc1ncn(C(CN)c2ccccc2F)n1. The zero-order valence-corrected chi connectivity index (χ0v) is 8.92. The van der Waals surface area contributed by atoms with Crippen molar-refractivity contribution in [2.45, 2.75) is 6.04 Å². The highest BCUT2D eigenvalue weighted by atomic mass is 19.1. The van der Waals surface area contributed by atoms with E-state index in [2.05, 4.69) is 10.1 Å². The van der Waals surface area contributed by atoms with Gasteiger partial charge in [-0.15, -0.1) is 5.10 Å². The average Bonchev–Trinajstić information content (AvgIpc) is 2.81. The van der Waals surface area contributed by atoms with Crippen LogP contribution < -0.4 is 5.73 Å². The van der Waals surface area contributed by atoms with E-state index in [0.29, 0.717) is 5.56 Å². The van der Waals surface area contributed by atoms with Gasteiger partial charge in [-0.1, -0.05) is 18.2 Å². The summed E-state index contributed by atoms with van der Waals surface area (Å²) in [5.74, 6) is -0.309. The molecular formula is C11H10FN5. The molecule has 1 heterocycles. The van der Waals surface area contributed by atoms with Gasteiger partial charge in [0.15, 0.2) is 0 Å². The second-order valence-electron chi connectivity index (χ2n) is 3.43. The molecule has 0 aliphatic heterocycles. The van der Waals surface area contributed by atoms with E-state index in [4.69, 9.17) is 11.0 Å². The van der Waals surface area contributed by atoms with Crippen LogP contribution in [0.15, 0.2) is 30.6 Å². The summed E-state index contributed by atoms with van der Waals surface area (Å²) >= 11 is 0. The summed E-state index contributed by atoms with van der Waals surface area (Å²) in [4.78, 5) is 3.77. The molecule has 0 spiro atoms. The van der Waals surface area contributed by atoms with Crippen LogP contribution in [0.2, 0.25) is 0 Å². The molecule has 2 aromatic rings. The van der Waals surface area contributed by atoms with Gasteiger partial charge >= 0.3 is 0 Å². The van der Waals surface area contributed by atoms with Crippen LogP contribution in [0.4, 0.5) is 4.39 Å². The topological polar surface area (TPSA) is 80.5 Å². The summed E-state index contributed by atoms with van der Waals surface area (Å²) in [6.45, 7) is 0.176. The monoisotopic (exact) mass is 231 g/mol. The highest BCUT2D eigenvalue weighted by Gasteiger charge is 2.17. The first kappa shape index (κ1) is 11.2. The van der Waals surface area contributed by atoms with E-state index < -0.39 is 6.04 Å². The van der Waals surface area contributed by atoms with Crippen LogP contribution >= 0.6 is 0 Å². The fourth-order valence-corrected chi connectivity index (χ4v) is 1.60. The lowest BCUT2D eigenvalue weighted by molar-refractivity contribution is 0.496. The first-order chi connectivity index (χ1) is 8.26. The standard InChI is InChI=1S/C11H10FN5/c12-9-4-2-1-3-8(9)10(5-13)17-7-15-11(6-14)16-17/h1-4,7,10H,5,13H2. The predicted octanol–water partition coefficient (Wildman–Crippen LogP) is 0.837. The van der Waals surface area contributed by atoms with Crippen molar-refractivity contribution in [1.29, 1.82) is 5.26 Å². The van der Waals surface area contributed by atoms with Gasteiger partial charge in [0.2, 0.25) is 0 Å². The minimum Gasteiger partial charge on any atom is -0.328 e. The molecule has 1 aromatic carbocycles. The maximum atomic E-state index is 13.6. The molecule has 1 atom stereocenters. The highest BCUT2D eigenvalue weighted by Crippen LogP contribution is 2.19. The molecule has 17 heavy (non-hydrogen) atoms. The maximum Gasteiger partial charge on any atom is 0.252 e. The Morgan fingerprint density at radius 3 is 2.82 bits per heavy atom. The Bertz CT molecular complexity index is 557. The van der Waals surface area contributed by atoms with Gasteiger partial charge in [-0.2, -0.15) is 5.26 Å². The first-order valence-electron chi connectivity index (χ1n) is 5.02. The molecule has 0 aliphatic carbocycles. The largest absolute Gasteiger partial charge is 0.328 e. The molecule has 1 aromatic heterocycles. The summed E-state index contributed by atoms with van der Waals surface area (Å²) in [5, 5.41) is 12.6. The van der Waals surface area contributed by atoms with E-state index in [1.165, 1.54) is 17.1 Å². The molecule has 6 heteroatoms. The van der Waals surface area contributed by atoms with Gasteiger partial charge < -0.3 is 5.73 Å². The predicted molar refractivity (Wildman–Crippen MR) is 58.3 cm³/mol. The van der Waals surface area contributed by atoms with Crippen molar-refractivity contribution in [3.05, 3.63) is 47.8 Å². The molecule has 0 amide bonds. The average molecular weight is 231 g/mol. The lowest BCUT2D eigenvalue weighted by Crippen LogP contribution is -2.22. The zero-order valence-electron chi connectivity index (χ0n) is 8.92. The van der Waals surface area contributed by atoms with Crippen molar-refractivity contribution in [3.8, 4) is 6.07 Å². The number of hydrogen-bond donors (Lipinski definition) is 1. The number of nitrogens with two attached hydrogens (primary N) is 1. The zero-order chi connectivity index (χ0) is 12.3. The van der Waals surface area contributed by atoms with E-state index in [0.717, 1.165) is 0 Å². The molecule has 1 unspecified atom stereocenters. The van der Waals surface area contributed by atoms with Gasteiger partial charge in [-0.05, 0) is 6.07 Å². The molecule has 0 bridgehead atoms. The number of nitriles is 1. The Morgan fingerprint density at radius 1 is 1.47 bits per heavy atom. The molecule has 0 saturated heterocycles. The summed E-state index contributed by atoms with van der Waals surface area (Å²) in [6.07, 6.45) is 1.38. The van der Waals surface area contributed by atoms with Crippen molar-refractivity contribution in [3.63, 3.8) is 0 Å². The Balaban J connectivity index is 2.41. The molecule has 0 saturated carbocycles. The summed E-state index contributed by atoms with van der Waals surface area (Å²) in [5.41, 5.74) is 6.05. The van der Waals surface area contributed by atoms with Gasteiger partial charge in [-0.25, -0.2) is 14.1 Å². The van der Waals surface area contributed by atoms with Gasteiger partial charge in [-0.3, -0.25) is 0 Å². The maximum absolute atomic E-state index is 13.6. The second-order valence-corrected chi connectivity index (χ2v) is 3.43. The lowest BCUT2D eigenvalue weighted by Gasteiger charge is -2.15. The van der Waals surface area contributed by atoms with Crippen LogP contribution in [0, 0.1) is 17.1 Å². The third-order valence-corrected chi connectivity index (χ3v) is 2.42. The number of halogens is 1. The number of aromatic nitrogens is 3. The van der Waals surface area contributed by atoms with E-state index in [9.17, 15) is 4.39 Å². The molecule has 2 rings (SSSR count). The minimum atomic E-state index is -0.453. The Kier molecular flexibility index (Phi) is 3.12. The molecule has 0 aliphatic rings. The third-order valence-electron chi connectivity index (χ3n) is 2.42. The van der Waals surface area contributed by atoms with Crippen molar-refractivity contribution >= 4 is 0 Å². The van der Waals surface area contributed by atoms with Gasteiger partial charge in [0, 0.05) is 12.1 Å². The quantitative estimate of drug-likeness (QED) is 0.848. The van der Waals surface area contributed by atoms with Crippen LogP contribution in [-0.2, 0) is 0 Å². The van der Waals surface area contributed by atoms with Crippen LogP contribution in [0.1, 0.15) is 17.4 Å². The number of rotatable bonds is 3. The van der Waals surface area contributed by atoms with Gasteiger partial charge in [0.1, 0.15) is 18.2 Å². The van der Waals surface area contributed by atoms with Gasteiger partial charge in [0.05, 0.1) is 6.04 Å². The number of benzene rings is 1. The molecule has 86 valence electrons. The number of hydrogen-bond acceptors (Lipinski definition) is 4. The number of nitrogens with zero attached hydrogens (tertiary/aromatic N) is 4. The molecule has 0 radical (unpaired) electrons. The van der Waals surface area contributed by atoms with E-state index in [1.54, 1.807) is 18.2 Å². The highest BCUT2D eigenvalue weighted by molar-refractivity contribution is 5.22. The Morgan fingerprint density at radius 2 is 2.24 bits per heavy atom. The van der Waals surface area contributed by atoms with Crippen molar-refractivity contribution < 1.29 is 4.39 Å². The van der Waals surface area contributed by atoms with Crippen molar-refractivity contribution in [2.24, 2.45) is 5.73 Å². The summed E-state index contributed by atoms with van der Waals surface area (Å²) in [6, 6.07) is 7.69. The van der Waals surface area contributed by atoms with E-state index in [-0.39, 0.29) is 18.2 Å². The summed E-state index contributed by atoms with van der Waals surface area (Å²) < 4.78 is 15.0. The fraction of sp³-hybridized carbons (Fsp3) is 0.182. The second kappa shape index (κ2) is 4.72. The van der Waals surface area contributed by atoms with Gasteiger partial charge in [0.25, 0.3) is 5.82 Å². The molecule has 0 fully saturated rings. The Hall–Kier alpha value is -2.26. The lowest BCUT2D eigenvalue weighted by atomic mass is 10.1. The van der Waals surface area contributed by atoms with E-state index in [1.807, 2.05) is 6.07 Å².